The van der Waals surface area contributed by atoms with Crippen LogP contribution in [0, 0.1) is 5.92 Å². The molecule has 0 saturated heterocycles. The number of nitrogens with one attached hydrogen (secondary N) is 1. The Morgan fingerprint density at radius 1 is 1.29 bits per heavy atom. The summed E-state index contributed by atoms with van der Waals surface area (Å²) >= 11 is 1.86. The second-order valence-corrected chi connectivity index (χ2v) is 7.02. The van der Waals surface area contributed by atoms with Crippen molar-refractivity contribution >= 4 is 11.3 Å². The van der Waals surface area contributed by atoms with Crippen LogP contribution in [0.2, 0.25) is 0 Å². The van der Waals surface area contributed by atoms with Gasteiger partial charge in [0.2, 0.25) is 0 Å². The third-order valence-corrected chi connectivity index (χ3v) is 5.23. The van der Waals surface area contributed by atoms with E-state index < -0.39 is 0 Å². The van der Waals surface area contributed by atoms with E-state index in [1.807, 2.05) is 29.5 Å². The van der Waals surface area contributed by atoms with Crippen molar-refractivity contribution in [3.63, 3.8) is 0 Å². The van der Waals surface area contributed by atoms with Crippen LogP contribution in [0.4, 0.5) is 0 Å². The average Bonchev–Trinajstić information content (AvgIpc) is 2.89. The molecule has 0 spiro atoms. The topological polar surface area (TPSA) is 45.2 Å². The van der Waals surface area contributed by atoms with Gasteiger partial charge < -0.3 is 10.4 Å². The molecule has 0 radical (unpaired) electrons. The summed E-state index contributed by atoms with van der Waals surface area (Å²) in [5.74, 6) is 0.801. The first-order chi connectivity index (χ1) is 10.3. The van der Waals surface area contributed by atoms with E-state index >= 15 is 0 Å². The Kier molecular flexibility index (Phi) is 4.68. The van der Waals surface area contributed by atoms with Crippen LogP contribution in [-0.2, 0) is 32.5 Å². The zero-order chi connectivity index (χ0) is 14.7. The number of aliphatic hydroxyl groups is 1. The van der Waals surface area contributed by atoms with Gasteiger partial charge in [-0.05, 0) is 36.3 Å². The van der Waals surface area contributed by atoms with Crippen molar-refractivity contribution in [3.05, 3.63) is 51.0 Å². The van der Waals surface area contributed by atoms with E-state index in [2.05, 4.69) is 18.3 Å². The smallest absolute Gasteiger partial charge is 0.107 e. The minimum Gasteiger partial charge on any atom is -0.392 e. The van der Waals surface area contributed by atoms with Crippen molar-refractivity contribution in [2.75, 3.05) is 0 Å². The number of rotatable bonds is 5. The third-order valence-electron chi connectivity index (χ3n) is 4.11. The van der Waals surface area contributed by atoms with Gasteiger partial charge in [-0.15, -0.1) is 11.3 Å². The predicted molar refractivity (Wildman–Crippen MR) is 86.2 cm³/mol. The average molecular weight is 302 g/mol. The lowest BCUT2D eigenvalue weighted by molar-refractivity contribution is 0.280. The number of benzene rings is 1. The molecule has 0 aliphatic heterocycles. The molecular formula is C17H22N2OS. The van der Waals surface area contributed by atoms with Gasteiger partial charge in [-0.25, -0.2) is 4.98 Å². The van der Waals surface area contributed by atoms with Crippen molar-refractivity contribution in [1.29, 1.82) is 0 Å². The standard InChI is InChI=1S/C17H22N2OS/c1-12-6-7-15-16(8-12)21-17(19-15)10-18-9-13-4-2-3-5-14(13)11-20/h2-5,12,18,20H,6-11H2,1H3. The van der Waals surface area contributed by atoms with Gasteiger partial charge in [0, 0.05) is 18.0 Å². The van der Waals surface area contributed by atoms with E-state index in [4.69, 9.17) is 4.98 Å². The van der Waals surface area contributed by atoms with Crippen LogP contribution in [0.15, 0.2) is 24.3 Å². The minimum atomic E-state index is 0.0985. The van der Waals surface area contributed by atoms with Crippen LogP contribution in [0.1, 0.15) is 40.1 Å². The quantitative estimate of drug-likeness (QED) is 0.892. The Morgan fingerprint density at radius 3 is 2.90 bits per heavy atom. The fraction of sp³-hybridized carbons (Fsp3) is 0.471. The Labute approximate surface area is 130 Å². The fourth-order valence-corrected chi connectivity index (χ4v) is 4.11. The maximum Gasteiger partial charge on any atom is 0.107 e. The van der Waals surface area contributed by atoms with Gasteiger partial charge in [-0.3, -0.25) is 0 Å². The number of fused-ring (bicyclic) bond motifs is 1. The Hall–Kier alpha value is -1.23. The van der Waals surface area contributed by atoms with Crippen LogP contribution in [0.5, 0.6) is 0 Å². The van der Waals surface area contributed by atoms with Crippen molar-refractivity contribution in [1.82, 2.24) is 10.3 Å². The monoisotopic (exact) mass is 302 g/mol. The molecule has 2 aromatic rings. The highest BCUT2D eigenvalue weighted by atomic mass is 32.1. The lowest BCUT2D eigenvalue weighted by Crippen LogP contribution is -2.14. The van der Waals surface area contributed by atoms with Gasteiger partial charge in [-0.2, -0.15) is 0 Å². The molecule has 3 nitrogen and oxygen atoms in total. The van der Waals surface area contributed by atoms with Gasteiger partial charge in [0.1, 0.15) is 5.01 Å². The predicted octanol–water partition coefficient (Wildman–Crippen LogP) is 3.05. The van der Waals surface area contributed by atoms with Gasteiger partial charge in [0.15, 0.2) is 0 Å². The molecule has 0 bridgehead atoms. The van der Waals surface area contributed by atoms with Gasteiger partial charge >= 0.3 is 0 Å². The second-order valence-electron chi connectivity index (χ2n) is 5.86. The summed E-state index contributed by atoms with van der Waals surface area (Å²) in [6.45, 7) is 4.01. The molecule has 1 unspecified atom stereocenters. The highest BCUT2D eigenvalue weighted by Gasteiger charge is 2.19. The van der Waals surface area contributed by atoms with Crippen molar-refractivity contribution < 1.29 is 5.11 Å². The molecule has 0 fully saturated rings. The van der Waals surface area contributed by atoms with Crippen LogP contribution in [0.25, 0.3) is 0 Å². The summed E-state index contributed by atoms with van der Waals surface area (Å²) < 4.78 is 0. The minimum absolute atomic E-state index is 0.0985. The third kappa shape index (κ3) is 3.51. The van der Waals surface area contributed by atoms with Crippen molar-refractivity contribution in [3.8, 4) is 0 Å². The Morgan fingerprint density at radius 2 is 2.10 bits per heavy atom. The van der Waals surface area contributed by atoms with Crippen LogP contribution in [0.3, 0.4) is 0 Å². The second kappa shape index (κ2) is 6.69. The van der Waals surface area contributed by atoms with E-state index in [9.17, 15) is 5.11 Å². The normalized spacial score (nSPS) is 17.7. The molecular weight excluding hydrogens is 280 g/mol. The van der Waals surface area contributed by atoms with E-state index in [1.54, 1.807) is 0 Å². The lowest BCUT2D eigenvalue weighted by Gasteiger charge is -2.15. The maximum atomic E-state index is 9.33. The summed E-state index contributed by atoms with van der Waals surface area (Å²) in [6, 6.07) is 8.01. The molecule has 1 aromatic carbocycles. The zero-order valence-corrected chi connectivity index (χ0v) is 13.2. The first-order valence-corrected chi connectivity index (χ1v) is 8.43. The van der Waals surface area contributed by atoms with Gasteiger partial charge in [0.05, 0.1) is 12.3 Å². The molecule has 3 rings (SSSR count). The summed E-state index contributed by atoms with van der Waals surface area (Å²) in [4.78, 5) is 6.25. The molecule has 1 atom stereocenters. The Bertz CT molecular complexity index is 609. The van der Waals surface area contributed by atoms with E-state index in [0.717, 1.165) is 36.6 Å². The highest BCUT2D eigenvalue weighted by Crippen LogP contribution is 2.29. The van der Waals surface area contributed by atoms with Crippen molar-refractivity contribution in [2.24, 2.45) is 5.92 Å². The molecule has 4 heteroatoms. The molecule has 2 N–H and O–H groups in total. The lowest BCUT2D eigenvalue weighted by atomic mass is 9.93. The maximum absolute atomic E-state index is 9.33. The molecule has 1 aliphatic carbocycles. The largest absolute Gasteiger partial charge is 0.392 e. The Balaban J connectivity index is 1.58. The molecule has 1 aromatic heterocycles. The number of hydrogen-bond donors (Lipinski definition) is 2. The molecule has 21 heavy (non-hydrogen) atoms. The van der Waals surface area contributed by atoms with E-state index in [1.165, 1.54) is 28.4 Å². The number of thiazole rings is 1. The number of aromatic nitrogens is 1. The van der Waals surface area contributed by atoms with Crippen LogP contribution in [-0.4, -0.2) is 10.1 Å². The summed E-state index contributed by atoms with van der Waals surface area (Å²) in [5.41, 5.74) is 3.48. The molecule has 0 amide bonds. The van der Waals surface area contributed by atoms with Crippen LogP contribution < -0.4 is 5.32 Å². The van der Waals surface area contributed by atoms with Crippen molar-refractivity contribution in [2.45, 2.75) is 45.9 Å². The van der Waals surface area contributed by atoms with Gasteiger partial charge in [0.25, 0.3) is 0 Å². The summed E-state index contributed by atoms with van der Waals surface area (Å²) in [5, 5.41) is 14.0. The number of aliphatic hydroxyl groups excluding tert-OH is 1. The molecule has 0 saturated carbocycles. The first-order valence-electron chi connectivity index (χ1n) is 7.62. The zero-order valence-electron chi connectivity index (χ0n) is 12.4. The SMILES string of the molecule is CC1CCc2nc(CNCc3ccccc3CO)sc2C1. The first kappa shape index (κ1) is 14.7. The fourth-order valence-electron chi connectivity index (χ4n) is 2.86. The summed E-state index contributed by atoms with van der Waals surface area (Å²) in [6.07, 6.45) is 3.61. The van der Waals surface area contributed by atoms with Crippen LogP contribution >= 0.6 is 11.3 Å². The number of nitrogens with zero attached hydrogens (tertiary/aromatic N) is 1. The molecule has 1 aliphatic rings. The van der Waals surface area contributed by atoms with E-state index in [-0.39, 0.29) is 6.61 Å². The number of hydrogen-bond acceptors (Lipinski definition) is 4. The summed E-state index contributed by atoms with van der Waals surface area (Å²) in [7, 11) is 0. The van der Waals surface area contributed by atoms with Gasteiger partial charge in [-0.1, -0.05) is 31.2 Å². The molecule has 1 heterocycles. The number of aryl methyl sites for hydroxylation is 1. The molecule has 112 valence electrons. The highest BCUT2D eigenvalue weighted by molar-refractivity contribution is 7.11. The van der Waals surface area contributed by atoms with E-state index in [0.29, 0.717) is 0 Å².